The summed E-state index contributed by atoms with van der Waals surface area (Å²) in [5, 5.41) is 13.8. The van der Waals surface area contributed by atoms with Gasteiger partial charge in [-0.3, -0.25) is 19.7 Å². The highest BCUT2D eigenvalue weighted by Crippen LogP contribution is 2.33. The summed E-state index contributed by atoms with van der Waals surface area (Å²) in [5.74, 6) is -0.0554. The third-order valence-electron chi connectivity index (χ3n) is 5.12. The molecular weight excluding hydrogens is 382 g/mol. The van der Waals surface area contributed by atoms with Crippen LogP contribution < -0.4 is 5.32 Å². The van der Waals surface area contributed by atoms with Crippen molar-refractivity contribution in [1.29, 1.82) is 0 Å². The molecule has 0 unspecified atom stereocenters. The van der Waals surface area contributed by atoms with Gasteiger partial charge < -0.3 is 10.2 Å². The third-order valence-corrected chi connectivity index (χ3v) is 5.44. The molecule has 2 aromatic rings. The molecule has 144 valence electrons. The number of fused-ring (bicyclic) bond motifs is 1. The van der Waals surface area contributed by atoms with Gasteiger partial charge in [0.1, 0.15) is 5.02 Å². The highest BCUT2D eigenvalue weighted by atomic mass is 35.5. The highest BCUT2D eigenvalue weighted by molar-refractivity contribution is 6.32. The molecule has 8 heteroatoms. The molecular formula is C20H18ClN3O4. The van der Waals surface area contributed by atoms with E-state index in [0.717, 1.165) is 37.4 Å². The number of nitro benzene ring substituents is 1. The third kappa shape index (κ3) is 3.71. The quantitative estimate of drug-likeness (QED) is 0.625. The fraction of sp³-hybridized carbons (Fsp3) is 0.300. The number of rotatable bonds is 4. The first kappa shape index (κ1) is 18.4. The van der Waals surface area contributed by atoms with Crippen LogP contribution in [-0.4, -0.2) is 28.2 Å². The maximum absolute atomic E-state index is 12.5. The van der Waals surface area contributed by atoms with Crippen molar-refractivity contribution in [2.75, 3.05) is 11.9 Å². The highest BCUT2D eigenvalue weighted by Gasteiger charge is 2.34. The van der Waals surface area contributed by atoms with Crippen molar-refractivity contribution in [3.05, 3.63) is 68.2 Å². The largest absolute Gasteiger partial charge is 0.338 e. The van der Waals surface area contributed by atoms with Crippen LogP contribution in [-0.2, 0) is 17.8 Å². The first-order valence-electron chi connectivity index (χ1n) is 9.08. The molecule has 0 aromatic heterocycles. The lowest BCUT2D eigenvalue weighted by molar-refractivity contribution is -0.384. The van der Waals surface area contributed by atoms with Gasteiger partial charge in [-0.2, -0.15) is 0 Å². The molecule has 1 fully saturated rings. The Bertz CT molecular complexity index is 987. The lowest BCUT2D eigenvalue weighted by Gasteiger charge is -2.29. The number of hydrogen-bond donors (Lipinski definition) is 1. The van der Waals surface area contributed by atoms with Gasteiger partial charge in [-0.25, -0.2) is 0 Å². The van der Waals surface area contributed by atoms with E-state index >= 15 is 0 Å². The van der Waals surface area contributed by atoms with Crippen molar-refractivity contribution >= 4 is 34.8 Å². The van der Waals surface area contributed by atoms with Crippen LogP contribution in [0.3, 0.4) is 0 Å². The molecule has 2 aliphatic rings. The van der Waals surface area contributed by atoms with E-state index in [1.807, 2.05) is 17.0 Å². The molecule has 7 nitrogen and oxygen atoms in total. The van der Waals surface area contributed by atoms with Gasteiger partial charge in [-0.15, -0.1) is 0 Å². The van der Waals surface area contributed by atoms with E-state index in [9.17, 15) is 19.7 Å². The zero-order chi connectivity index (χ0) is 19.8. The van der Waals surface area contributed by atoms with Crippen molar-refractivity contribution in [3.8, 4) is 0 Å². The molecule has 28 heavy (non-hydrogen) atoms. The first-order chi connectivity index (χ1) is 13.4. The minimum Gasteiger partial charge on any atom is -0.338 e. The minimum atomic E-state index is -0.622. The average molecular weight is 400 g/mol. The Hall–Kier alpha value is -2.93. The molecule has 1 heterocycles. The normalized spacial score (nSPS) is 15.7. The van der Waals surface area contributed by atoms with E-state index in [1.165, 1.54) is 17.7 Å². The standard InChI is InChI=1S/C20H18ClN3O4/c21-17-6-4-14(10-18(17)24(27)28)19(25)22-16-5-3-12-7-8-23(11-15(12)9-16)20(26)13-1-2-13/h3-6,9-10,13H,1-2,7-8,11H2,(H,22,25). The minimum absolute atomic E-state index is 0.0178. The van der Waals surface area contributed by atoms with E-state index in [4.69, 9.17) is 11.6 Å². The van der Waals surface area contributed by atoms with Gasteiger partial charge in [0.15, 0.2) is 0 Å². The van der Waals surface area contributed by atoms with Crippen LogP contribution in [0.25, 0.3) is 0 Å². The number of nitrogens with one attached hydrogen (secondary N) is 1. The summed E-state index contributed by atoms with van der Waals surface area (Å²) >= 11 is 5.80. The van der Waals surface area contributed by atoms with Crippen LogP contribution in [0.2, 0.25) is 5.02 Å². The van der Waals surface area contributed by atoms with E-state index in [2.05, 4.69) is 5.32 Å². The van der Waals surface area contributed by atoms with Crippen molar-refractivity contribution in [2.45, 2.75) is 25.8 Å². The molecule has 4 rings (SSSR count). The van der Waals surface area contributed by atoms with Crippen molar-refractivity contribution < 1.29 is 14.5 Å². The number of benzene rings is 2. The Balaban J connectivity index is 1.51. The number of nitro groups is 1. The Kier molecular flexibility index (Phi) is 4.77. The summed E-state index contributed by atoms with van der Waals surface area (Å²) in [4.78, 5) is 37.1. The predicted molar refractivity (Wildman–Crippen MR) is 104 cm³/mol. The summed E-state index contributed by atoms with van der Waals surface area (Å²) in [7, 11) is 0. The average Bonchev–Trinajstić information content (AvgIpc) is 3.52. The predicted octanol–water partition coefficient (Wildman–Crippen LogP) is 3.80. The van der Waals surface area contributed by atoms with Gasteiger partial charge in [-0.1, -0.05) is 17.7 Å². The second-order valence-corrected chi connectivity index (χ2v) is 7.55. The van der Waals surface area contributed by atoms with E-state index in [0.29, 0.717) is 12.2 Å². The topological polar surface area (TPSA) is 92.6 Å². The second kappa shape index (κ2) is 7.24. The first-order valence-corrected chi connectivity index (χ1v) is 9.46. The molecule has 1 N–H and O–H groups in total. The molecule has 1 saturated carbocycles. The number of nitrogens with zero attached hydrogens (tertiary/aromatic N) is 2. The van der Waals surface area contributed by atoms with Gasteiger partial charge >= 0.3 is 0 Å². The summed E-state index contributed by atoms with van der Waals surface area (Å²) in [6, 6.07) is 9.56. The summed E-state index contributed by atoms with van der Waals surface area (Å²) < 4.78 is 0. The molecule has 1 aliphatic carbocycles. The number of amides is 2. The maximum atomic E-state index is 12.5. The van der Waals surface area contributed by atoms with E-state index < -0.39 is 10.8 Å². The lowest BCUT2D eigenvalue weighted by Crippen LogP contribution is -2.36. The molecule has 2 amide bonds. The van der Waals surface area contributed by atoms with Gasteiger partial charge in [0.05, 0.1) is 4.92 Å². The van der Waals surface area contributed by atoms with Crippen molar-refractivity contribution in [1.82, 2.24) is 4.90 Å². The molecule has 0 spiro atoms. The van der Waals surface area contributed by atoms with Gasteiger partial charge in [0.2, 0.25) is 5.91 Å². The van der Waals surface area contributed by atoms with Gasteiger partial charge in [0.25, 0.3) is 11.6 Å². The number of carbonyl (C=O) groups excluding carboxylic acids is 2. The smallest absolute Gasteiger partial charge is 0.288 e. The van der Waals surface area contributed by atoms with Crippen LogP contribution in [0.4, 0.5) is 11.4 Å². The van der Waals surface area contributed by atoms with E-state index in [1.54, 1.807) is 6.07 Å². The fourth-order valence-corrected chi connectivity index (χ4v) is 3.60. The van der Waals surface area contributed by atoms with Gasteiger partial charge in [0, 0.05) is 36.3 Å². The van der Waals surface area contributed by atoms with E-state index in [-0.39, 0.29) is 28.1 Å². The maximum Gasteiger partial charge on any atom is 0.288 e. The Morgan fingerprint density at radius 1 is 1.14 bits per heavy atom. The Morgan fingerprint density at radius 3 is 2.64 bits per heavy atom. The van der Waals surface area contributed by atoms with Crippen LogP contribution in [0, 0.1) is 16.0 Å². The SMILES string of the molecule is O=C(Nc1ccc2c(c1)CN(C(=O)C1CC1)CC2)c1ccc(Cl)c([N+](=O)[O-])c1. The summed E-state index contributed by atoms with van der Waals surface area (Å²) in [5.41, 5.74) is 2.61. The van der Waals surface area contributed by atoms with Crippen LogP contribution in [0.5, 0.6) is 0 Å². The fourth-order valence-electron chi connectivity index (χ4n) is 3.41. The van der Waals surface area contributed by atoms with Crippen LogP contribution in [0.15, 0.2) is 36.4 Å². The Morgan fingerprint density at radius 2 is 1.93 bits per heavy atom. The molecule has 0 atom stereocenters. The molecule has 0 saturated heterocycles. The van der Waals surface area contributed by atoms with Gasteiger partial charge in [-0.05, 0) is 54.7 Å². The van der Waals surface area contributed by atoms with Crippen molar-refractivity contribution in [2.24, 2.45) is 5.92 Å². The second-order valence-electron chi connectivity index (χ2n) is 7.14. The number of hydrogen-bond acceptors (Lipinski definition) is 4. The monoisotopic (exact) mass is 399 g/mol. The molecule has 1 aliphatic heterocycles. The van der Waals surface area contributed by atoms with Crippen molar-refractivity contribution in [3.63, 3.8) is 0 Å². The molecule has 0 bridgehead atoms. The van der Waals surface area contributed by atoms with Crippen LogP contribution in [0.1, 0.15) is 34.3 Å². The Labute approximate surface area is 166 Å². The summed E-state index contributed by atoms with van der Waals surface area (Å²) in [6.45, 7) is 1.27. The number of halogens is 1. The summed E-state index contributed by atoms with van der Waals surface area (Å²) in [6.07, 6.45) is 2.75. The zero-order valence-electron chi connectivity index (χ0n) is 15.0. The molecule has 0 radical (unpaired) electrons. The lowest BCUT2D eigenvalue weighted by atomic mass is 9.98. The zero-order valence-corrected chi connectivity index (χ0v) is 15.7. The number of carbonyl (C=O) groups is 2. The number of anilines is 1. The van der Waals surface area contributed by atoms with Crippen LogP contribution >= 0.6 is 11.6 Å². The molecule has 2 aromatic carbocycles.